The molecule has 0 aromatic carbocycles. The number of hydrogen-bond acceptors (Lipinski definition) is 5. The minimum absolute atomic E-state index is 0.0146. The van der Waals surface area contributed by atoms with Crippen molar-refractivity contribution in [1.29, 1.82) is 0 Å². The number of aromatic nitrogens is 2. The molecule has 2 aromatic heterocycles. The summed E-state index contributed by atoms with van der Waals surface area (Å²) in [5.74, 6) is -0.326. The summed E-state index contributed by atoms with van der Waals surface area (Å²) >= 11 is 0. The van der Waals surface area contributed by atoms with Crippen molar-refractivity contribution in [2.24, 2.45) is 0 Å². The highest BCUT2D eigenvalue weighted by Gasteiger charge is 2.25. The second-order valence-electron chi connectivity index (χ2n) is 5.93. The maximum Gasteiger partial charge on any atom is 0.270 e. The fourth-order valence-electron chi connectivity index (χ4n) is 2.91. The summed E-state index contributed by atoms with van der Waals surface area (Å²) in [6.07, 6.45) is 2.95. The standard InChI is InChI=1S/C17H21N5O3/c1-2-18-15(23)12-20-7-9-21(10-8-20)16(24)13-11-19-14-5-3-4-6-22(14)17(13)25/h3-6,11H,2,7-10,12H2,1H3,(H,18,23). The summed E-state index contributed by atoms with van der Waals surface area (Å²) in [6, 6.07) is 5.23. The Bertz CT molecular complexity index is 840. The maximum atomic E-state index is 12.7. The molecule has 0 saturated carbocycles. The van der Waals surface area contributed by atoms with E-state index >= 15 is 0 Å². The third-order valence-corrected chi connectivity index (χ3v) is 4.24. The third kappa shape index (κ3) is 3.69. The molecule has 8 heteroatoms. The van der Waals surface area contributed by atoms with Crippen LogP contribution in [0.3, 0.4) is 0 Å². The molecule has 1 fully saturated rings. The SMILES string of the molecule is CCNC(=O)CN1CCN(C(=O)c2cnc3ccccn3c2=O)CC1. The van der Waals surface area contributed by atoms with Crippen molar-refractivity contribution in [3.05, 3.63) is 46.5 Å². The van der Waals surface area contributed by atoms with Crippen LogP contribution < -0.4 is 10.9 Å². The van der Waals surface area contributed by atoms with E-state index in [1.54, 1.807) is 29.3 Å². The molecular formula is C17H21N5O3. The van der Waals surface area contributed by atoms with E-state index in [0.717, 1.165) is 0 Å². The van der Waals surface area contributed by atoms with Crippen LogP contribution in [0.1, 0.15) is 17.3 Å². The van der Waals surface area contributed by atoms with Crippen molar-refractivity contribution in [3.63, 3.8) is 0 Å². The monoisotopic (exact) mass is 343 g/mol. The molecule has 1 saturated heterocycles. The lowest BCUT2D eigenvalue weighted by Crippen LogP contribution is -2.51. The van der Waals surface area contributed by atoms with E-state index in [0.29, 0.717) is 44.9 Å². The average molecular weight is 343 g/mol. The van der Waals surface area contributed by atoms with E-state index in [9.17, 15) is 14.4 Å². The quantitative estimate of drug-likeness (QED) is 0.815. The van der Waals surface area contributed by atoms with Gasteiger partial charge in [-0.25, -0.2) is 4.98 Å². The lowest BCUT2D eigenvalue weighted by Gasteiger charge is -2.34. The van der Waals surface area contributed by atoms with Crippen LogP contribution in [0.2, 0.25) is 0 Å². The molecule has 2 aromatic rings. The first kappa shape index (κ1) is 17.1. The molecule has 3 heterocycles. The first-order valence-corrected chi connectivity index (χ1v) is 8.35. The number of nitrogens with one attached hydrogen (secondary N) is 1. The van der Waals surface area contributed by atoms with Gasteiger partial charge < -0.3 is 10.2 Å². The Hall–Kier alpha value is -2.74. The molecule has 3 rings (SSSR count). The Morgan fingerprint density at radius 2 is 1.96 bits per heavy atom. The predicted octanol–water partition coefficient (Wildman–Crippen LogP) is -0.412. The molecule has 0 unspecified atom stereocenters. The fourth-order valence-corrected chi connectivity index (χ4v) is 2.91. The van der Waals surface area contributed by atoms with Gasteiger partial charge >= 0.3 is 0 Å². The Balaban J connectivity index is 1.68. The van der Waals surface area contributed by atoms with Crippen LogP contribution in [0.15, 0.2) is 35.4 Å². The fraction of sp³-hybridized carbons (Fsp3) is 0.412. The summed E-state index contributed by atoms with van der Waals surface area (Å²) in [5, 5.41) is 2.76. The second-order valence-corrected chi connectivity index (χ2v) is 5.93. The molecule has 8 nitrogen and oxygen atoms in total. The Labute approximate surface area is 145 Å². The molecule has 0 radical (unpaired) electrons. The van der Waals surface area contributed by atoms with Crippen LogP contribution in [-0.2, 0) is 4.79 Å². The number of carbonyl (C=O) groups is 2. The molecule has 1 N–H and O–H groups in total. The number of fused-ring (bicyclic) bond motifs is 1. The minimum Gasteiger partial charge on any atom is -0.355 e. The van der Waals surface area contributed by atoms with Crippen molar-refractivity contribution in [2.45, 2.75) is 6.92 Å². The van der Waals surface area contributed by atoms with Gasteiger partial charge in [0.25, 0.3) is 11.5 Å². The summed E-state index contributed by atoms with van der Waals surface area (Å²) in [4.78, 5) is 44.6. The lowest BCUT2D eigenvalue weighted by atomic mass is 10.2. The highest BCUT2D eigenvalue weighted by atomic mass is 16.2. The number of piperazine rings is 1. The largest absolute Gasteiger partial charge is 0.355 e. The topological polar surface area (TPSA) is 87.0 Å². The number of carbonyl (C=O) groups excluding carboxylic acids is 2. The Morgan fingerprint density at radius 3 is 2.68 bits per heavy atom. The molecular weight excluding hydrogens is 322 g/mol. The second kappa shape index (κ2) is 7.43. The van der Waals surface area contributed by atoms with Crippen LogP contribution >= 0.6 is 0 Å². The van der Waals surface area contributed by atoms with Gasteiger partial charge in [-0.05, 0) is 19.1 Å². The highest BCUT2D eigenvalue weighted by molar-refractivity contribution is 5.93. The number of nitrogens with zero attached hydrogens (tertiary/aromatic N) is 4. The summed E-state index contributed by atoms with van der Waals surface area (Å²) in [7, 11) is 0. The number of amides is 2. The van der Waals surface area contributed by atoms with Gasteiger partial charge in [0.15, 0.2) is 0 Å². The number of pyridine rings is 1. The number of hydrogen-bond donors (Lipinski definition) is 1. The van der Waals surface area contributed by atoms with E-state index in [1.165, 1.54) is 10.6 Å². The molecule has 1 aliphatic heterocycles. The van der Waals surface area contributed by atoms with Crippen molar-refractivity contribution < 1.29 is 9.59 Å². The first-order valence-electron chi connectivity index (χ1n) is 8.35. The Morgan fingerprint density at radius 1 is 1.20 bits per heavy atom. The highest BCUT2D eigenvalue weighted by Crippen LogP contribution is 2.06. The molecule has 0 spiro atoms. The Kier molecular flexibility index (Phi) is 5.08. The van der Waals surface area contributed by atoms with E-state index < -0.39 is 0 Å². The van der Waals surface area contributed by atoms with Crippen LogP contribution in [-0.4, -0.2) is 70.3 Å². The predicted molar refractivity (Wildman–Crippen MR) is 92.5 cm³/mol. The van der Waals surface area contributed by atoms with Crippen LogP contribution in [0.4, 0.5) is 0 Å². The van der Waals surface area contributed by atoms with Gasteiger partial charge in [0, 0.05) is 45.1 Å². The molecule has 0 atom stereocenters. The maximum absolute atomic E-state index is 12.7. The van der Waals surface area contributed by atoms with E-state index in [4.69, 9.17) is 0 Å². The molecule has 132 valence electrons. The van der Waals surface area contributed by atoms with Gasteiger partial charge in [0.2, 0.25) is 5.91 Å². The van der Waals surface area contributed by atoms with E-state index in [-0.39, 0.29) is 22.9 Å². The minimum atomic E-state index is -0.361. The molecule has 2 amide bonds. The van der Waals surface area contributed by atoms with Gasteiger partial charge in [-0.3, -0.25) is 23.7 Å². The van der Waals surface area contributed by atoms with Gasteiger partial charge in [-0.15, -0.1) is 0 Å². The third-order valence-electron chi connectivity index (χ3n) is 4.24. The molecule has 1 aliphatic rings. The van der Waals surface area contributed by atoms with Gasteiger partial charge in [-0.1, -0.05) is 6.07 Å². The number of rotatable bonds is 4. The van der Waals surface area contributed by atoms with Crippen molar-refractivity contribution in [3.8, 4) is 0 Å². The normalized spacial score (nSPS) is 15.3. The number of likely N-dealkylation sites (N-methyl/N-ethyl adjacent to an activating group) is 1. The van der Waals surface area contributed by atoms with Crippen molar-refractivity contribution in [2.75, 3.05) is 39.3 Å². The zero-order chi connectivity index (χ0) is 17.8. The van der Waals surface area contributed by atoms with Crippen LogP contribution in [0.5, 0.6) is 0 Å². The average Bonchev–Trinajstić information content (AvgIpc) is 2.62. The van der Waals surface area contributed by atoms with Gasteiger partial charge in [-0.2, -0.15) is 0 Å². The smallest absolute Gasteiger partial charge is 0.270 e. The lowest BCUT2D eigenvalue weighted by molar-refractivity contribution is -0.122. The van der Waals surface area contributed by atoms with Crippen LogP contribution in [0.25, 0.3) is 5.65 Å². The van der Waals surface area contributed by atoms with Gasteiger partial charge in [0.1, 0.15) is 11.2 Å². The van der Waals surface area contributed by atoms with E-state index in [2.05, 4.69) is 10.3 Å². The summed E-state index contributed by atoms with van der Waals surface area (Å²) in [6.45, 7) is 4.98. The van der Waals surface area contributed by atoms with Crippen molar-refractivity contribution >= 4 is 17.5 Å². The summed E-state index contributed by atoms with van der Waals surface area (Å²) in [5.41, 5.74) is 0.219. The first-order chi connectivity index (χ1) is 12.1. The van der Waals surface area contributed by atoms with Crippen LogP contribution in [0, 0.1) is 0 Å². The zero-order valence-corrected chi connectivity index (χ0v) is 14.1. The molecule has 0 bridgehead atoms. The molecule has 25 heavy (non-hydrogen) atoms. The zero-order valence-electron chi connectivity index (χ0n) is 14.1. The van der Waals surface area contributed by atoms with Gasteiger partial charge in [0.05, 0.1) is 6.54 Å². The van der Waals surface area contributed by atoms with Crippen molar-refractivity contribution in [1.82, 2.24) is 24.5 Å². The molecule has 0 aliphatic carbocycles. The van der Waals surface area contributed by atoms with E-state index in [1.807, 2.05) is 11.8 Å². The summed E-state index contributed by atoms with van der Waals surface area (Å²) < 4.78 is 1.37.